The number of nitrogens with one attached hydrogen (secondary N) is 1. The molecule has 9 rings (SSSR count). The molecule has 0 fully saturated rings. The minimum atomic E-state index is 0.547. The smallest absolute Gasteiger partial charge is 0.0691 e. The molecule has 1 N–H and O–H groups in total. The second-order valence-electron chi connectivity index (χ2n) is 12.8. The zero-order valence-electron chi connectivity index (χ0n) is 30.1. The second-order valence-corrected chi connectivity index (χ2v) is 13.9. The number of hydrogen-bond donors (Lipinski definition) is 1. The van der Waals surface area contributed by atoms with E-state index in [1.165, 1.54) is 66.2 Å². The van der Waals surface area contributed by atoms with Crippen molar-refractivity contribution in [3.63, 3.8) is 0 Å². The molecule has 0 radical (unpaired) electrons. The third-order valence-electron chi connectivity index (χ3n) is 9.52. The van der Waals surface area contributed by atoms with Crippen LogP contribution in [0.25, 0.3) is 64.3 Å². The summed E-state index contributed by atoms with van der Waals surface area (Å²) in [7, 11) is 0. The van der Waals surface area contributed by atoms with Crippen molar-refractivity contribution in [1.82, 2.24) is 0 Å². The van der Waals surface area contributed by atoms with Gasteiger partial charge in [0.05, 0.1) is 5.71 Å². The fourth-order valence-corrected chi connectivity index (χ4v) is 8.12. The van der Waals surface area contributed by atoms with Crippen molar-refractivity contribution in [2.24, 2.45) is 0 Å². The van der Waals surface area contributed by atoms with Gasteiger partial charge in [0.25, 0.3) is 0 Å². The highest BCUT2D eigenvalue weighted by atomic mass is 32.1. The predicted octanol–water partition coefficient (Wildman–Crippen LogP) is 14.9. The minimum Gasteiger partial charge on any atom is -0.300 e. The van der Waals surface area contributed by atoms with Gasteiger partial charge in [-0.25, -0.2) is 0 Å². The van der Waals surface area contributed by atoms with Crippen molar-refractivity contribution in [2.75, 3.05) is 0 Å². The number of hydrogen-bond acceptors (Lipinski definition) is 2. The summed E-state index contributed by atoms with van der Waals surface area (Å²) < 4.78 is 2.44. The standard InChI is InChI=1S/C41H27NS.C7H10.C2H6/c42-41(31-16-9-15-29(25-31)27-11-3-1-4-12-27)36-19-10-20-39-40(36)37-26-30(21-24-38(37)43-39)33-23-22-32(28-13-5-2-6-14-28)34-17-7-8-18-35(33)34;1-7-5-3-2-4-6-7;1-2/h1-26,42H;3,5-6H,2,4H2,1H3;1-2H3. The van der Waals surface area contributed by atoms with Crippen molar-refractivity contribution in [2.45, 2.75) is 33.6 Å². The van der Waals surface area contributed by atoms with Crippen LogP contribution in [-0.2, 0) is 0 Å². The number of thiophene rings is 1. The summed E-state index contributed by atoms with van der Waals surface area (Å²) in [6.45, 7) is 6.13. The summed E-state index contributed by atoms with van der Waals surface area (Å²) in [6.07, 6.45) is 9.12. The summed E-state index contributed by atoms with van der Waals surface area (Å²) in [4.78, 5) is 0. The van der Waals surface area contributed by atoms with E-state index in [1.807, 2.05) is 26.0 Å². The van der Waals surface area contributed by atoms with Gasteiger partial charge < -0.3 is 0 Å². The highest BCUT2D eigenvalue weighted by molar-refractivity contribution is 7.25. The van der Waals surface area contributed by atoms with Gasteiger partial charge in [0.15, 0.2) is 0 Å². The van der Waals surface area contributed by atoms with Crippen LogP contribution in [0, 0.1) is 5.41 Å². The fraction of sp³-hybridized carbons (Fsp3) is 0.100. The summed E-state index contributed by atoms with van der Waals surface area (Å²) >= 11 is 1.80. The van der Waals surface area contributed by atoms with Crippen LogP contribution in [0.1, 0.15) is 44.7 Å². The molecule has 2 heteroatoms. The largest absolute Gasteiger partial charge is 0.300 e. The Morgan fingerprint density at radius 3 is 1.81 bits per heavy atom. The Hall–Kier alpha value is -5.83. The van der Waals surface area contributed by atoms with Crippen LogP contribution in [0.5, 0.6) is 0 Å². The SMILES string of the molecule is CC.CC1=CCCC=C1.N=C(c1cccc(-c2ccccc2)c1)c1cccc2sc3ccc(-c4ccc(-c5ccccc5)c5ccccc45)cc3c12. The van der Waals surface area contributed by atoms with E-state index in [9.17, 15) is 5.41 Å². The van der Waals surface area contributed by atoms with E-state index in [0.717, 1.165) is 27.6 Å². The van der Waals surface area contributed by atoms with Crippen molar-refractivity contribution < 1.29 is 0 Å². The third-order valence-corrected chi connectivity index (χ3v) is 10.7. The minimum absolute atomic E-state index is 0.547. The van der Waals surface area contributed by atoms with Crippen LogP contribution < -0.4 is 0 Å². The molecular formula is C50H43NS. The maximum atomic E-state index is 9.36. The van der Waals surface area contributed by atoms with Crippen LogP contribution in [0.3, 0.4) is 0 Å². The molecule has 254 valence electrons. The van der Waals surface area contributed by atoms with E-state index >= 15 is 0 Å². The fourth-order valence-electron chi connectivity index (χ4n) is 7.01. The highest BCUT2D eigenvalue weighted by Crippen LogP contribution is 2.41. The third kappa shape index (κ3) is 7.17. The zero-order valence-corrected chi connectivity index (χ0v) is 30.9. The first-order valence-electron chi connectivity index (χ1n) is 18.2. The number of rotatable bonds is 5. The van der Waals surface area contributed by atoms with Crippen LogP contribution in [0.2, 0.25) is 0 Å². The van der Waals surface area contributed by atoms with Gasteiger partial charge in [-0.05, 0) is 88.2 Å². The van der Waals surface area contributed by atoms with Crippen LogP contribution in [-0.4, -0.2) is 5.71 Å². The molecule has 1 aliphatic carbocycles. The topological polar surface area (TPSA) is 23.9 Å². The molecule has 1 heterocycles. The molecule has 0 spiro atoms. The molecule has 0 atom stereocenters. The molecule has 0 amide bonds. The summed E-state index contributed by atoms with van der Waals surface area (Å²) in [5.41, 5.74) is 11.0. The van der Waals surface area contributed by atoms with Gasteiger partial charge in [-0.1, -0.05) is 171 Å². The molecular weight excluding hydrogens is 647 g/mol. The van der Waals surface area contributed by atoms with Crippen molar-refractivity contribution in [3.05, 3.63) is 193 Å². The van der Waals surface area contributed by atoms with E-state index in [4.69, 9.17) is 0 Å². The Morgan fingerprint density at radius 2 is 1.15 bits per heavy atom. The molecule has 52 heavy (non-hydrogen) atoms. The maximum Gasteiger partial charge on any atom is 0.0691 e. The normalized spacial score (nSPS) is 12.1. The first-order valence-corrected chi connectivity index (χ1v) is 19.1. The first kappa shape index (κ1) is 34.6. The van der Waals surface area contributed by atoms with Gasteiger partial charge in [0.1, 0.15) is 0 Å². The maximum absolute atomic E-state index is 9.36. The molecule has 7 aromatic carbocycles. The van der Waals surface area contributed by atoms with E-state index in [2.05, 4.69) is 171 Å². The summed E-state index contributed by atoms with van der Waals surface area (Å²) in [6, 6.07) is 55.8. The van der Waals surface area contributed by atoms with E-state index in [1.54, 1.807) is 11.3 Å². The predicted molar refractivity (Wildman–Crippen MR) is 229 cm³/mol. The summed E-state index contributed by atoms with van der Waals surface area (Å²) in [5.74, 6) is 0. The quantitative estimate of drug-likeness (QED) is 0.174. The Balaban J connectivity index is 0.000000416. The lowest BCUT2D eigenvalue weighted by molar-refractivity contribution is 1.02. The molecule has 8 aromatic rings. The molecule has 0 unspecified atom stereocenters. The lowest BCUT2D eigenvalue weighted by Crippen LogP contribution is -2.02. The monoisotopic (exact) mass is 689 g/mol. The lowest BCUT2D eigenvalue weighted by Gasteiger charge is -2.13. The van der Waals surface area contributed by atoms with E-state index < -0.39 is 0 Å². The molecule has 0 bridgehead atoms. The second kappa shape index (κ2) is 16.0. The number of allylic oxidation sites excluding steroid dienone is 4. The van der Waals surface area contributed by atoms with Crippen LogP contribution in [0.15, 0.2) is 182 Å². The molecule has 0 aliphatic heterocycles. The van der Waals surface area contributed by atoms with Crippen molar-refractivity contribution in [1.29, 1.82) is 5.41 Å². The van der Waals surface area contributed by atoms with Gasteiger partial charge in [-0.3, -0.25) is 5.41 Å². The van der Waals surface area contributed by atoms with Crippen LogP contribution in [0.4, 0.5) is 0 Å². The Labute approximate surface area is 311 Å². The van der Waals surface area contributed by atoms with E-state index in [0.29, 0.717) is 5.71 Å². The summed E-state index contributed by atoms with van der Waals surface area (Å²) in [5, 5.41) is 14.2. The van der Waals surface area contributed by atoms with Gasteiger partial charge in [-0.15, -0.1) is 11.3 Å². The van der Waals surface area contributed by atoms with Gasteiger partial charge in [-0.2, -0.15) is 0 Å². The van der Waals surface area contributed by atoms with Crippen molar-refractivity contribution >= 4 is 48.0 Å². The molecule has 1 aliphatic rings. The van der Waals surface area contributed by atoms with Crippen LogP contribution >= 0.6 is 11.3 Å². The molecule has 1 aromatic heterocycles. The first-order chi connectivity index (χ1) is 25.6. The average molecular weight is 690 g/mol. The Kier molecular flexibility index (Phi) is 10.7. The Bertz CT molecular complexity index is 2550. The molecule has 0 saturated heterocycles. The lowest BCUT2D eigenvalue weighted by atomic mass is 9.91. The van der Waals surface area contributed by atoms with Crippen molar-refractivity contribution in [3.8, 4) is 33.4 Å². The molecule has 1 nitrogen and oxygen atoms in total. The molecule has 0 saturated carbocycles. The number of fused-ring (bicyclic) bond motifs is 4. The number of benzene rings is 7. The van der Waals surface area contributed by atoms with Gasteiger partial charge in [0, 0.05) is 31.3 Å². The zero-order chi connectivity index (χ0) is 35.9. The van der Waals surface area contributed by atoms with Gasteiger partial charge in [0.2, 0.25) is 0 Å². The van der Waals surface area contributed by atoms with Gasteiger partial charge >= 0.3 is 0 Å². The Morgan fingerprint density at radius 1 is 0.519 bits per heavy atom. The van der Waals surface area contributed by atoms with E-state index in [-0.39, 0.29) is 0 Å². The average Bonchev–Trinajstić information content (AvgIpc) is 3.60. The highest BCUT2D eigenvalue weighted by Gasteiger charge is 2.16.